The van der Waals surface area contributed by atoms with Crippen LogP contribution in [-0.2, 0) is 13.5 Å². The summed E-state index contributed by atoms with van der Waals surface area (Å²) >= 11 is 0. The minimum absolute atomic E-state index is 0.0784. The van der Waals surface area contributed by atoms with Gasteiger partial charge in [-0.25, -0.2) is 9.50 Å². The normalized spacial score (nSPS) is 15.9. The zero-order valence-corrected chi connectivity index (χ0v) is 18.5. The molecule has 1 atom stereocenters. The molecule has 6 rings (SSSR count). The lowest BCUT2D eigenvalue weighted by atomic mass is 9.99. The Kier molecular flexibility index (Phi) is 4.80. The number of imidazole rings is 1. The van der Waals surface area contributed by atoms with Gasteiger partial charge >= 0.3 is 18.2 Å². The summed E-state index contributed by atoms with van der Waals surface area (Å²) in [5.74, 6) is -1.18. The molecule has 0 spiro atoms. The Balaban J connectivity index is 1.40. The number of fused-ring (bicyclic) bond motifs is 2. The van der Waals surface area contributed by atoms with E-state index in [0.717, 1.165) is 5.69 Å². The summed E-state index contributed by atoms with van der Waals surface area (Å²) in [6.45, 7) is 0.250. The Bertz CT molecular complexity index is 1580. The molecule has 1 aliphatic heterocycles. The van der Waals surface area contributed by atoms with Crippen LogP contribution in [-0.4, -0.2) is 63.3 Å². The van der Waals surface area contributed by atoms with Crippen LogP contribution in [0.3, 0.4) is 0 Å². The molecule has 5 aromatic heterocycles. The highest BCUT2D eigenvalue weighted by Gasteiger charge is 2.39. The first-order valence-electron chi connectivity index (χ1n) is 10.7. The highest BCUT2D eigenvalue weighted by atomic mass is 19.4. The van der Waals surface area contributed by atoms with Crippen molar-refractivity contribution in [1.82, 2.24) is 44.5 Å². The van der Waals surface area contributed by atoms with E-state index in [1.807, 2.05) is 0 Å². The molecule has 0 radical (unpaired) electrons. The molecule has 0 aromatic carbocycles. The van der Waals surface area contributed by atoms with E-state index in [9.17, 15) is 18.0 Å². The molecule has 6 heterocycles. The molecule has 36 heavy (non-hydrogen) atoms. The number of carbonyl (C=O) groups is 1. The third-order valence-corrected chi connectivity index (χ3v) is 5.71. The fourth-order valence-electron chi connectivity index (χ4n) is 4.21. The predicted octanol–water partition coefficient (Wildman–Crippen LogP) is 2.53. The van der Waals surface area contributed by atoms with Gasteiger partial charge in [0, 0.05) is 38.1 Å². The fraction of sp³-hybridized carbons (Fsp3) is 0.238. The zero-order valence-electron chi connectivity index (χ0n) is 18.5. The van der Waals surface area contributed by atoms with Crippen molar-refractivity contribution in [2.45, 2.75) is 18.8 Å². The topological polar surface area (TPSA) is 132 Å². The van der Waals surface area contributed by atoms with Crippen molar-refractivity contribution in [2.75, 3.05) is 6.54 Å². The van der Waals surface area contributed by atoms with E-state index in [4.69, 9.17) is 4.42 Å². The number of H-pyrrole nitrogens is 1. The van der Waals surface area contributed by atoms with Gasteiger partial charge in [0.2, 0.25) is 0 Å². The number of pyridine rings is 1. The van der Waals surface area contributed by atoms with Gasteiger partial charge in [0.25, 0.3) is 5.89 Å². The number of ether oxygens (including phenoxy) is 1. The van der Waals surface area contributed by atoms with Crippen molar-refractivity contribution in [3.8, 4) is 17.3 Å². The first-order valence-corrected chi connectivity index (χ1v) is 10.7. The number of aromatic amines is 1. The van der Waals surface area contributed by atoms with Crippen molar-refractivity contribution in [2.24, 2.45) is 7.05 Å². The van der Waals surface area contributed by atoms with Crippen molar-refractivity contribution < 1.29 is 27.1 Å². The number of hydrogen-bond donors (Lipinski definition) is 1. The number of nitrogens with zero attached hydrogens (tertiary/aromatic N) is 8. The van der Waals surface area contributed by atoms with Gasteiger partial charge in [-0.1, -0.05) is 0 Å². The highest BCUT2D eigenvalue weighted by molar-refractivity contribution is 5.90. The molecule has 0 saturated carbocycles. The Hall–Kier alpha value is -4.69. The van der Waals surface area contributed by atoms with Crippen LogP contribution in [0.5, 0.6) is 5.75 Å². The third-order valence-electron chi connectivity index (χ3n) is 5.71. The molecule has 5 aromatic rings. The summed E-state index contributed by atoms with van der Waals surface area (Å²) in [6.07, 6.45) is 0.262. The third kappa shape index (κ3) is 3.73. The van der Waals surface area contributed by atoms with Gasteiger partial charge in [-0.2, -0.15) is 10.2 Å². The maximum absolute atomic E-state index is 13.5. The summed E-state index contributed by atoms with van der Waals surface area (Å²) in [4.78, 5) is 22.3. The van der Waals surface area contributed by atoms with Gasteiger partial charge in [-0.3, -0.25) is 9.48 Å². The molecule has 1 N–H and O–H groups in total. The van der Waals surface area contributed by atoms with E-state index in [0.29, 0.717) is 23.5 Å². The van der Waals surface area contributed by atoms with Gasteiger partial charge in [-0.05, 0) is 24.3 Å². The minimum Gasteiger partial charge on any atom is -0.411 e. The van der Waals surface area contributed by atoms with Crippen molar-refractivity contribution in [3.63, 3.8) is 0 Å². The van der Waals surface area contributed by atoms with Gasteiger partial charge in [0.05, 0.1) is 17.7 Å². The molecule has 0 saturated heterocycles. The number of aromatic nitrogens is 8. The molecule has 0 unspecified atom stereocenters. The van der Waals surface area contributed by atoms with Crippen LogP contribution in [0.1, 0.15) is 33.8 Å². The standard InChI is InChI=1S/C21H16F3N9O3/c1-31-7-4-12(29-31)18-27-28-19(35-18)20(34)32-8-5-11-16(26-10-25-11)17(32)13-9-14-15(36-21(22,23)24)3-2-6-33(14)30-13/h2-4,6-7,9-10,17H,5,8H2,1H3,(H,25,26)/t17-/m1/s1. The molecule has 0 bridgehead atoms. The molecule has 1 aliphatic rings. The molecular weight excluding hydrogens is 483 g/mol. The van der Waals surface area contributed by atoms with Crippen LogP contribution in [0.25, 0.3) is 17.1 Å². The lowest BCUT2D eigenvalue weighted by molar-refractivity contribution is -0.274. The summed E-state index contributed by atoms with van der Waals surface area (Å²) < 4.78 is 51.3. The van der Waals surface area contributed by atoms with Crippen LogP contribution in [0.2, 0.25) is 0 Å². The zero-order chi connectivity index (χ0) is 25.0. The number of halogens is 3. The van der Waals surface area contributed by atoms with Gasteiger partial charge < -0.3 is 19.0 Å². The van der Waals surface area contributed by atoms with E-state index >= 15 is 0 Å². The number of rotatable bonds is 4. The number of nitrogens with one attached hydrogen (secondary N) is 1. The molecule has 12 nitrogen and oxygen atoms in total. The van der Waals surface area contributed by atoms with Gasteiger partial charge in [0.15, 0.2) is 5.75 Å². The van der Waals surface area contributed by atoms with Crippen LogP contribution in [0.15, 0.2) is 47.4 Å². The van der Waals surface area contributed by atoms with Crippen molar-refractivity contribution in [1.29, 1.82) is 0 Å². The maximum atomic E-state index is 13.5. The molecule has 184 valence electrons. The highest BCUT2D eigenvalue weighted by Crippen LogP contribution is 2.36. The average Bonchev–Trinajstić information content (AvgIpc) is 3.62. The van der Waals surface area contributed by atoms with E-state index in [-0.39, 0.29) is 23.8 Å². The molecule has 0 aliphatic carbocycles. The lowest BCUT2D eigenvalue weighted by Gasteiger charge is -2.32. The minimum atomic E-state index is -4.88. The quantitative estimate of drug-likeness (QED) is 0.399. The first kappa shape index (κ1) is 21.8. The second-order valence-corrected chi connectivity index (χ2v) is 8.02. The number of hydrogen-bond acceptors (Lipinski definition) is 8. The second-order valence-electron chi connectivity index (χ2n) is 8.02. The summed E-state index contributed by atoms with van der Waals surface area (Å²) in [5, 5.41) is 16.4. The average molecular weight is 499 g/mol. The van der Waals surface area contributed by atoms with Gasteiger partial charge in [-0.15, -0.1) is 23.4 Å². The van der Waals surface area contributed by atoms with E-state index in [1.54, 1.807) is 24.0 Å². The Morgan fingerprint density at radius 2 is 2.08 bits per heavy atom. The SMILES string of the molecule is Cn1ccc(-c2nnc(C(=O)N3CCc4[nH]cnc4[C@H]3c3cc4c(OC(F)(F)F)cccn4n3)o2)n1. The van der Waals surface area contributed by atoms with Crippen molar-refractivity contribution in [3.05, 3.63) is 66.0 Å². The smallest absolute Gasteiger partial charge is 0.411 e. The predicted molar refractivity (Wildman–Crippen MR) is 114 cm³/mol. The largest absolute Gasteiger partial charge is 0.573 e. The van der Waals surface area contributed by atoms with Crippen LogP contribution < -0.4 is 4.74 Å². The number of amides is 1. The number of carbonyl (C=O) groups excluding carboxylic acids is 1. The monoisotopic (exact) mass is 499 g/mol. The summed E-state index contributed by atoms with van der Waals surface area (Å²) in [6, 6.07) is 4.85. The van der Waals surface area contributed by atoms with Gasteiger partial charge in [0.1, 0.15) is 17.3 Å². The Labute approximate surface area is 199 Å². The Morgan fingerprint density at radius 1 is 1.22 bits per heavy atom. The van der Waals surface area contributed by atoms with Crippen LogP contribution in [0, 0.1) is 0 Å². The van der Waals surface area contributed by atoms with E-state index in [2.05, 4.69) is 35.1 Å². The first-order chi connectivity index (χ1) is 17.3. The second kappa shape index (κ2) is 7.93. The molecule has 15 heteroatoms. The number of alkyl halides is 3. The summed E-state index contributed by atoms with van der Waals surface area (Å²) in [7, 11) is 1.73. The fourth-order valence-corrected chi connectivity index (χ4v) is 4.21. The lowest BCUT2D eigenvalue weighted by Crippen LogP contribution is -2.41. The van der Waals surface area contributed by atoms with E-state index < -0.39 is 24.1 Å². The molecule has 1 amide bonds. The summed E-state index contributed by atoms with van der Waals surface area (Å²) in [5.41, 5.74) is 2.08. The molecule has 0 fully saturated rings. The van der Waals surface area contributed by atoms with Crippen LogP contribution in [0.4, 0.5) is 13.2 Å². The van der Waals surface area contributed by atoms with E-state index in [1.165, 1.54) is 40.1 Å². The molecular formula is C21H16F3N9O3. The van der Waals surface area contributed by atoms with Crippen LogP contribution >= 0.6 is 0 Å². The Morgan fingerprint density at radius 3 is 2.86 bits per heavy atom. The van der Waals surface area contributed by atoms with Crippen molar-refractivity contribution >= 4 is 11.4 Å². The number of aryl methyl sites for hydroxylation is 1. The maximum Gasteiger partial charge on any atom is 0.573 e.